The Labute approximate surface area is 128 Å². The van der Waals surface area contributed by atoms with E-state index < -0.39 is 0 Å². The Hall–Kier alpha value is -2.07. The van der Waals surface area contributed by atoms with Gasteiger partial charge in [-0.2, -0.15) is 0 Å². The van der Waals surface area contributed by atoms with Crippen molar-refractivity contribution in [2.24, 2.45) is 0 Å². The second-order valence-corrected chi connectivity index (χ2v) is 5.86. The minimum absolute atomic E-state index is 0.667. The first-order valence-corrected chi connectivity index (χ1v) is 7.88. The number of aromatic nitrogens is 2. The standard InChI is InChI=1S/C17H17N3S/c1-12-6-5-7-13(10-12)11-21-16-14-8-3-4-9-15(14)19-17(18-2)20-16/h3-10H,11H2,1-2H3,(H,18,19,20). The molecule has 0 atom stereocenters. The van der Waals surface area contributed by atoms with E-state index in [9.17, 15) is 0 Å². The third kappa shape index (κ3) is 3.16. The van der Waals surface area contributed by atoms with Crippen molar-refractivity contribution in [1.82, 2.24) is 9.97 Å². The second kappa shape index (κ2) is 6.14. The zero-order valence-corrected chi connectivity index (χ0v) is 12.9. The maximum absolute atomic E-state index is 4.60. The van der Waals surface area contributed by atoms with Gasteiger partial charge in [0.25, 0.3) is 0 Å². The average molecular weight is 295 g/mol. The summed E-state index contributed by atoms with van der Waals surface area (Å²) in [6.07, 6.45) is 0. The fourth-order valence-electron chi connectivity index (χ4n) is 2.22. The van der Waals surface area contributed by atoms with Crippen LogP contribution >= 0.6 is 11.8 Å². The van der Waals surface area contributed by atoms with Crippen LogP contribution in [0.25, 0.3) is 10.9 Å². The zero-order valence-electron chi connectivity index (χ0n) is 12.1. The van der Waals surface area contributed by atoms with Gasteiger partial charge in [0.05, 0.1) is 5.52 Å². The summed E-state index contributed by atoms with van der Waals surface area (Å²) in [5.41, 5.74) is 3.58. The van der Waals surface area contributed by atoms with Crippen LogP contribution in [0.3, 0.4) is 0 Å². The number of fused-ring (bicyclic) bond motifs is 1. The van der Waals surface area contributed by atoms with Crippen molar-refractivity contribution in [1.29, 1.82) is 0 Å². The highest BCUT2D eigenvalue weighted by Crippen LogP contribution is 2.29. The normalized spacial score (nSPS) is 10.8. The Morgan fingerprint density at radius 3 is 2.71 bits per heavy atom. The van der Waals surface area contributed by atoms with Gasteiger partial charge < -0.3 is 5.32 Å². The van der Waals surface area contributed by atoms with Gasteiger partial charge in [-0.1, -0.05) is 48.0 Å². The highest BCUT2D eigenvalue weighted by molar-refractivity contribution is 7.98. The molecule has 0 aliphatic rings. The van der Waals surface area contributed by atoms with Gasteiger partial charge in [0.15, 0.2) is 0 Å². The number of hydrogen-bond donors (Lipinski definition) is 1. The summed E-state index contributed by atoms with van der Waals surface area (Å²) in [6.45, 7) is 2.12. The summed E-state index contributed by atoms with van der Waals surface area (Å²) >= 11 is 1.75. The van der Waals surface area contributed by atoms with Crippen LogP contribution in [0.15, 0.2) is 53.6 Å². The molecular weight excluding hydrogens is 278 g/mol. The number of rotatable bonds is 4. The molecule has 21 heavy (non-hydrogen) atoms. The van der Waals surface area contributed by atoms with Crippen LogP contribution in [-0.2, 0) is 5.75 Å². The first-order valence-electron chi connectivity index (χ1n) is 6.89. The second-order valence-electron chi connectivity index (χ2n) is 4.90. The van der Waals surface area contributed by atoms with E-state index in [1.807, 2.05) is 25.2 Å². The van der Waals surface area contributed by atoms with Gasteiger partial charge in [-0.3, -0.25) is 0 Å². The zero-order chi connectivity index (χ0) is 14.7. The Balaban J connectivity index is 1.92. The van der Waals surface area contributed by atoms with Crippen LogP contribution in [0.5, 0.6) is 0 Å². The molecular formula is C17H17N3S. The van der Waals surface area contributed by atoms with E-state index in [-0.39, 0.29) is 0 Å². The quantitative estimate of drug-likeness (QED) is 0.576. The lowest BCUT2D eigenvalue weighted by Gasteiger charge is -2.08. The van der Waals surface area contributed by atoms with Crippen LogP contribution in [-0.4, -0.2) is 17.0 Å². The fourth-order valence-corrected chi connectivity index (χ4v) is 3.19. The van der Waals surface area contributed by atoms with Crippen molar-refractivity contribution in [3.63, 3.8) is 0 Å². The highest BCUT2D eigenvalue weighted by atomic mass is 32.2. The predicted molar refractivity (Wildman–Crippen MR) is 89.8 cm³/mol. The van der Waals surface area contributed by atoms with Gasteiger partial charge in [0.1, 0.15) is 5.03 Å². The van der Waals surface area contributed by atoms with Gasteiger partial charge in [0.2, 0.25) is 5.95 Å². The molecule has 2 aromatic carbocycles. The molecule has 1 aromatic heterocycles. The van der Waals surface area contributed by atoms with Crippen LogP contribution in [0.2, 0.25) is 0 Å². The summed E-state index contributed by atoms with van der Waals surface area (Å²) < 4.78 is 0. The van der Waals surface area contributed by atoms with E-state index in [4.69, 9.17) is 0 Å². The summed E-state index contributed by atoms with van der Waals surface area (Å²) in [5, 5.41) is 5.16. The molecule has 1 heterocycles. The molecule has 0 spiro atoms. The van der Waals surface area contributed by atoms with E-state index in [0.717, 1.165) is 21.7 Å². The number of nitrogens with zero attached hydrogens (tertiary/aromatic N) is 2. The van der Waals surface area contributed by atoms with Gasteiger partial charge in [-0.25, -0.2) is 9.97 Å². The van der Waals surface area contributed by atoms with E-state index in [1.54, 1.807) is 11.8 Å². The first-order chi connectivity index (χ1) is 10.3. The topological polar surface area (TPSA) is 37.8 Å². The van der Waals surface area contributed by atoms with Crippen molar-refractivity contribution < 1.29 is 0 Å². The molecule has 4 heteroatoms. The Morgan fingerprint density at radius 2 is 1.90 bits per heavy atom. The van der Waals surface area contributed by atoms with Crippen LogP contribution in [0, 0.1) is 6.92 Å². The minimum atomic E-state index is 0.667. The van der Waals surface area contributed by atoms with Crippen molar-refractivity contribution in [3.05, 3.63) is 59.7 Å². The number of nitrogens with one attached hydrogen (secondary N) is 1. The Bertz CT molecular complexity index is 771. The summed E-state index contributed by atoms with van der Waals surface area (Å²) in [7, 11) is 1.85. The van der Waals surface area contributed by atoms with Crippen molar-refractivity contribution >= 4 is 28.6 Å². The van der Waals surface area contributed by atoms with E-state index in [2.05, 4.69) is 52.5 Å². The lowest BCUT2D eigenvalue weighted by Crippen LogP contribution is -1.98. The van der Waals surface area contributed by atoms with E-state index >= 15 is 0 Å². The van der Waals surface area contributed by atoms with Crippen molar-refractivity contribution in [2.75, 3.05) is 12.4 Å². The van der Waals surface area contributed by atoms with Gasteiger partial charge >= 0.3 is 0 Å². The molecule has 0 amide bonds. The third-order valence-electron chi connectivity index (χ3n) is 3.25. The molecule has 1 N–H and O–H groups in total. The maximum atomic E-state index is 4.60. The molecule has 0 fully saturated rings. The first kappa shape index (κ1) is 13.9. The van der Waals surface area contributed by atoms with Gasteiger partial charge in [0, 0.05) is 18.2 Å². The molecule has 0 saturated carbocycles. The third-order valence-corrected chi connectivity index (χ3v) is 4.31. The molecule has 0 bridgehead atoms. The van der Waals surface area contributed by atoms with Crippen LogP contribution < -0.4 is 5.32 Å². The maximum Gasteiger partial charge on any atom is 0.224 e. The molecule has 0 radical (unpaired) electrons. The molecule has 3 rings (SSSR count). The molecule has 3 nitrogen and oxygen atoms in total. The fraction of sp³-hybridized carbons (Fsp3) is 0.176. The average Bonchev–Trinajstić information content (AvgIpc) is 2.52. The Morgan fingerprint density at radius 1 is 1.05 bits per heavy atom. The Kier molecular flexibility index (Phi) is 4.06. The summed E-state index contributed by atoms with van der Waals surface area (Å²) in [6, 6.07) is 16.7. The smallest absolute Gasteiger partial charge is 0.224 e. The van der Waals surface area contributed by atoms with Crippen LogP contribution in [0.4, 0.5) is 5.95 Å². The largest absolute Gasteiger partial charge is 0.357 e. The number of benzene rings is 2. The lowest BCUT2D eigenvalue weighted by molar-refractivity contribution is 1.09. The summed E-state index contributed by atoms with van der Waals surface area (Å²) in [5.74, 6) is 1.58. The number of thioether (sulfide) groups is 1. The predicted octanol–water partition coefficient (Wildman–Crippen LogP) is 4.27. The van der Waals surface area contributed by atoms with Gasteiger partial charge in [-0.05, 0) is 18.6 Å². The number of aryl methyl sites for hydroxylation is 1. The molecule has 0 aliphatic heterocycles. The lowest BCUT2D eigenvalue weighted by atomic mass is 10.2. The van der Waals surface area contributed by atoms with E-state index in [1.165, 1.54) is 11.1 Å². The summed E-state index contributed by atoms with van der Waals surface area (Å²) in [4.78, 5) is 9.09. The van der Waals surface area contributed by atoms with Crippen molar-refractivity contribution in [3.8, 4) is 0 Å². The SMILES string of the molecule is CNc1nc(SCc2cccc(C)c2)c2ccccc2n1. The monoisotopic (exact) mass is 295 g/mol. The molecule has 0 saturated heterocycles. The van der Waals surface area contributed by atoms with Crippen molar-refractivity contribution in [2.45, 2.75) is 17.7 Å². The molecule has 3 aromatic rings. The molecule has 106 valence electrons. The van der Waals surface area contributed by atoms with Crippen LogP contribution in [0.1, 0.15) is 11.1 Å². The number of para-hydroxylation sites is 1. The molecule has 0 aliphatic carbocycles. The number of anilines is 1. The van der Waals surface area contributed by atoms with Gasteiger partial charge in [-0.15, -0.1) is 11.8 Å². The highest BCUT2D eigenvalue weighted by Gasteiger charge is 2.07. The molecule has 0 unspecified atom stereocenters. The van der Waals surface area contributed by atoms with E-state index in [0.29, 0.717) is 5.95 Å². The minimum Gasteiger partial charge on any atom is -0.357 e. The number of hydrogen-bond acceptors (Lipinski definition) is 4.